The van der Waals surface area contributed by atoms with Gasteiger partial charge in [0.15, 0.2) is 5.82 Å². The van der Waals surface area contributed by atoms with Crippen molar-refractivity contribution in [2.24, 2.45) is 11.7 Å². The minimum Gasteiger partial charge on any atom is -0.339 e. The van der Waals surface area contributed by atoms with Crippen LogP contribution in [-0.4, -0.2) is 16.2 Å². The van der Waals surface area contributed by atoms with Gasteiger partial charge in [0.05, 0.1) is 5.41 Å². The predicted molar refractivity (Wildman–Crippen MR) is 69.2 cm³/mol. The van der Waals surface area contributed by atoms with Crippen LogP contribution in [0.15, 0.2) is 4.52 Å². The maximum absolute atomic E-state index is 6.20. The number of hydrogen-bond acceptors (Lipinski definition) is 4. The SMILES string of the molecule is CC1CCC(c2noc(C3(C)CCCC3N)n2)C1. The van der Waals surface area contributed by atoms with Crippen LogP contribution in [0.4, 0.5) is 0 Å². The van der Waals surface area contributed by atoms with Crippen molar-refractivity contribution in [2.45, 2.75) is 69.7 Å². The molecule has 0 spiro atoms. The quantitative estimate of drug-likeness (QED) is 0.875. The van der Waals surface area contributed by atoms with Gasteiger partial charge < -0.3 is 10.3 Å². The van der Waals surface area contributed by atoms with Crippen LogP contribution in [0, 0.1) is 5.92 Å². The van der Waals surface area contributed by atoms with Crippen molar-refractivity contribution in [1.82, 2.24) is 10.1 Å². The number of nitrogens with two attached hydrogens (primary N) is 1. The standard InChI is InChI=1S/C14H23N3O/c1-9-5-6-10(8-9)12-16-13(18-17-12)14(2)7-3-4-11(14)15/h9-11H,3-8,15H2,1-2H3. The summed E-state index contributed by atoms with van der Waals surface area (Å²) in [5.74, 6) is 2.97. The van der Waals surface area contributed by atoms with Crippen molar-refractivity contribution in [2.75, 3.05) is 0 Å². The molecule has 2 aliphatic carbocycles. The third-order valence-corrected chi connectivity index (χ3v) is 5.02. The summed E-state index contributed by atoms with van der Waals surface area (Å²) in [5, 5.41) is 4.22. The molecule has 2 saturated carbocycles. The van der Waals surface area contributed by atoms with E-state index in [0.29, 0.717) is 5.92 Å². The zero-order valence-corrected chi connectivity index (χ0v) is 11.4. The summed E-state index contributed by atoms with van der Waals surface area (Å²) in [6, 6.07) is 0.160. The van der Waals surface area contributed by atoms with Crippen LogP contribution < -0.4 is 5.73 Å². The Bertz CT molecular complexity index is 430. The molecule has 2 fully saturated rings. The molecule has 4 nitrogen and oxygen atoms in total. The maximum Gasteiger partial charge on any atom is 0.234 e. The number of aromatic nitrogens is 2. The first-order chi connectivity index (χ1) is 8.59. The summed E-state index contributed by atoms with van der Waals surface area (Å²) in [6.07, 6.45) is 6.97. The van der Waals surface area contributed by atoms with Crippen molar-refractivity contribution in [3.05, 3.63) is 11.7 Å². The first-order valence-electron chi connectivity index (χ1n) is 7.19. The lowest BCUT2D eigenvalue weighted by molar-refractivity contribution is 0.276. The number of nitrogens with zero attached hydrogens (tertiary/aromatic N) is 2. The van der Waals surface area contributed by atoms with Crippen LogP contribution in [0.25, 0.3) is 0 Å². The minimum atomic E-state index is -0.102. The molecule has 0 bridgehead atoms. The van der Waals surface area contributed by atoms with Crippen LogP contribution in [0.5, 0.6) is 0 Å². The second-order valence-electron chi connectivity index (χ2n) is 6.49. The lowest BCUT2D eigenvalue weighted by Gasteiger charge is -2.23. The van der Waals surface area contributed by atoms with E-state index in [4.69, 9.17) is 10.3 Å². The monoisotopic (exact) mass is 249 g/mol. The molecule has 1 aromatic rings. The Morgan fingerprint density at radius 1 is 1.33 bits per heavy atom. The van der Waals surface area contributed by atoms with Gasteiger partial charge in [-0.3, -0.25) is 0 Å². The van der Waals surface area contributed by atoms with Gasteiger partial charge in [-0.15, -0.1) is 0 Å². The molecule has 3 rings (SSSR count). The minimum absolute atomic E-state index is 0.102. The summed E-state index contributed by atoms with van der Waals surface area (Å²) < 4.78 is 5.53. The van der Waals surface area contributed by atoms with Crippen molar-refractivity contribution in [3.63, 3.8) is 0 Å². The summed E-state index contributed by atoms with van der Waals surface area (Å²) in [7, 11) is 0. The van der Waals surface area contributed by atoms with E-state index in [9.17, 15) is 0 Å². The molecule has 4 atom stereocenters. The van der Waals surface area contributed by atoms with Crippen molar-refractivity contribution in [3.8, 4) is 0 Å². The molecule has 2 N–H and O–H groups in total. The Balaban J connectivity index is 1.81. The molecule has 2 aliphatic rings. The third kappa shape index (κ3) is 1.87. The van der Waals surface area contributed by atoms with Gasteiger partial charge in [-0.1, -0.05) is 18.5 Å². The van der Waals surface area contributed by atoms with E-state index in [1.165, 1.54) is 19.3 Å². The topological polar surface area (TPSA) is 64.9 Å². The molecule has 0 aromatic carbocycles. The third-order valence-electron chi connectivity index (χ3n) is 5.02. The molecule has 0 amide bonds. The van der Waals surface area contributed by atoms with E-state index in [1.807, 2.05) is 0 Å². The van der Waals surface area contributed by atoms with E-state index in [-0.39, 0.29) is 11.5 Å². The van der Waals surface area contributed by atoms with Crippen molar-refractivity contribution in [1.29, 1.82) is 0 Å². The van der Waals surface area contributed by atoms with Crippen LogP contribution in [0.3, 0.4) is 0 Å². The van der Waals surface area contributed by atoms with E-state index in [2.05, 4.69) is 24.0 Å². The molecule has 18 heavy (non-hydrogen) atoms. The van der Waals surface area contributed by atoms with Gasteiger partial charge >= 0.3 is 0 Å². The number of hydrogen-bond donors (Lipinski definition) is 1. The summed E-state index contributed by atoms with van der Waals surface area (Å²) in [4.78, 5) is 4.67. The first-order valence-corrected chi connectivity index (χ1v) is 7.19. The zero-order valence-electron chi connectivity index (χ0n) is 11.4. The van der Waals surface area contributed by atoms with Gasteiger partial charge in [0.2, 0.25) is 5.89 Å². The van der Waals surface area contributed by atoms with Gasteiger partial charge in [0.25, 0.3) is 0 Å². The Hall–Kier alpha value is -0.900. The lowest BCUT2D eigenvalue weighted by atomic mass is 9.85. The van der Waals surface area contributed by atoms with Gasteiger partial charge in [-0.25, -0.2) is 0 Å². The second-order valence-corrected chi connectivity index (χ2v) is 6.49. The summed E-state index contributed by atoms with van der Waals surface area (Å²) >= 11 is 0. The highest BCUT2D eigenvalue weighted by Gasteiger charge is 2.43. The Morgan fingerprint density at radius 2 is 2.17 bits per heavy atom. The Morgan fingerprint density at radius 3 is 2.78 bits per heavy atom. The maximum atomic E-state index is 6.20. The van der Waals surface area contributed by atoms with Crippen LogP contribution >= 0.6 is 0 Å². The Kier molecular flexibility index (Phi) is 2.93. The molecule has 100 valence electrons. The molecule has 0 radical (unpaired) electrons. The summed E-state index contributed by atoms with van der Waals surface area (Å²) in [6.45, 7) is 4.47. The van der Waals surface area contributed by atoms with E-state index in [0.717, 1.165) is 36.9 Å². The highest BCUT2D eigenvalue weighted by atomic mass is 16.5. The predicted octanol–water partition coefficient (Wildman–Crippen LogP) is 2.74. The van der Waals surface area contributed by atoms with Gasteiger partial charge in [-0.05, 0) is 44.9 Å². The first kappa shape index (κ1) is 12.2. The lowest BCUT2D eigenvalue weighted by Crippen LogP contribution is -2.38. The molecule has 1 aromatic heterocycles. The summed E-state index contributed by atoms with van der Waals surface area (Å²) in [5.41, 5.74) is 6.10. The van der Waals surface area contributed by atoms with Gasteiger partial charge in [0.1, 0.15) is 0 Å². The molecular formula is C14H23N3O. The van der Waals surface area contributed by atoms with E-state index >= 15 is 0 Å². The van der Waals surface area contributed by atoms with Crippen LogP contribution in [0.2, 0.25) is 0 Å². The van der Waals surface area contributed by atoms with Crippen LogP contribution in [0.1, 0.15) is 70.0 Å². The van der Waals surface area contributed by atoms with Crippen molar-refractivity contribution < 1.29 is 4.52 Å². The largest absolute Gasteiger partial charge is 0.339 e. The van der Waals surface area contributed by atoms with Crippen molar-refractivity contribution >= 4 is 0 Å². The molecule has 4 heteroatoms. The molecule has 4 unspecified atom stereocenters. The average molecular weight is 249 g/mol. The molecule has 0 saturated heterocycles. The second kappa shape index (κ2) is 4.34. The van der Waals surface area contributed by atoms with E-state index < -0.39 is 0 Å². The molecule has 1 heterocycles. The number of rotatable bonds is 2. The Labute approximate surface area is 108 Å². The molecule has 0 aliphatic heterocycles. The fourth-order valence-corrected chi connectivity index (χ4v) is 3.53. The fraction of sp³-hybridized carbons (Fsp3) is 0.857. The normalized spacial score (nSPS) is 40.5. The average Bonchev–Trinajstić information content (AvgIpc) is 3.01. The van der Waals surface area contributed by atoms with E-state index in [1.54, 1.807) is 0 Å². The van der Waals surface area contributed by atoms with Gasteiger partial charge in [-0.2, -0.15) is 4.98 Å². The fourth-order valence-electron chi connectivity index (χ4n) is 3.53. The smallest absolute Gasteiger partial charge is 0.234 e. The zero-order chi connectivity index (χ0) is 12.8. The van der Waals surface area contributed by atoms with Gasteiger partial charge in [0, 0.05) is 12.0 Å². The molecular weight excluding hydrogens is 226 g/mol. The van der Waals surface area contributed by atoms with Crippen LogP contribution in [-0.2, 0) is 5.41 Å². The highest BCUT2D eigenvalue weighted by Crippen LogP contribution is 2.41. The highest BCUT2D eigenvalue weighted by molar-refractivity contribution is 5.13.